The molecule has 102 valence electrons. The molecule has 0 atom stereocenters. The highest BCUT2D eigenvalue weighted by Gasteiger charge is 2.24. The van der Waals surface area contributed by atoms with Crippen molar-refractivity contribution in [2.24, 2.45) is 0 Å². The summed E-state index contributed by atoms with van der Waals surface area (Å²) < 4.78 is 27.2. The van der Waals surface area contributed by atoms with Gasteiger partial charge in [0.1, 0.15) is 0 Å². The van der Waals surface area contributed by atoms with Crippen LogP contribution >= 0.6 is 15.9 Å². The zero-order valence-electron chi connectivity index (χ0n) is 11.2. The van der Waals surface area contributed by atoms with Gasteiger partial charge in [-0.3, -0.25) is 0 Å². The lowest BCUT2D eigenvalue weighted by molar-refractivity contribution is 0.577. The Kier molecular flexibility index (Phi) is 3.57. The molecule has 0 amide bonds. The van der Waals surface area contributed by atoms with E-state index in [1.807, 2.05) is 19.1 Å². The summed E-state index contributed by atoms with van der Waals surface area (Å²) in [6.07, 6.45) is 0. The van der Waals surface area contributed by atoms with Gasteiger partial charge in [-0.15, -0.1) is 0 Å². The van der Waals surface area contributed by atoms with Crippen LogP contribution in [-0.4, -0.2) is 17.6 Å². The Hall–Kier alpha value is -1.14. The van der Waals surface area contributed by atoms with Crippen LogP contribution in [0.4, 0.5) is 0 Å². The van der Waals surface area contributed by atoms with E-state index in [1.54, 1.807) is 26.8 Å². The lowest BCUT2D eigenvalue weighted by atomic mass is 10.2. The van der Waals surface area contributed by atoms with Gasteiger partial charge in [0, 0.05) is 0 Å². The molecule has 0 aliphatic rings. The van der Waals surface area contributed by atoms with Gasteiger partial charge in [0.05, 0.1) is 20.8 Å². The van der Waals surface area contributed by atoms with Crippen LogP contribution < -0.4 is 0 Å². The molecule has 0 aliphatic heterocycles. The number of nitrogens with zero attached hydrogens (tertiary/aromatic N) is 2. The summed E-state index contributed by atoms with van der Waals surface area (Å²) in [5, 5.41) is 4.11. The second-order valence-electron chi connectivity index (χ2n) is 4.60. The van der Waals surface area contributed by atoms with Crippen molar-refractivity contribution in [3.05, 3.63) is 45.2 Å². The van der Waals surface area contributed by atoms with Crippen LogP contribution in [0.2, 0.25) is 0 Å². The second-order valence-corrected chi connectivity index (χ2v) is 7.13. The van der Waals surface area contributed by atoms with Crippen LogP contribution in [0.25, 0.3) is 0 Å². The molecule has 0 aliphatic carbocycles. The van der Waals surface area contributed by atoms with Gasteiger partial charge in [0.2, 0.25) is 0 Å². The number of aryl methyl sites for hydroxylation is 3. The van der Waals surface area contributed by atoms with Gasteiger partial charge in [-0.25, -0.2) is 0 Å². The monoisotopic (exact) mass is 342 g/mol. The predicted molar refractivity (Wildman–Crippen MR) is 77.9 cm³/mol. The van der Waals surface area contributed by atoms with Gasteiger partial charge in [0.15, 0.2) is 0 Å². The Balaban J connectivity index is 2.72. The summed E-state index contributed by atoms with van der Waals surface area (Å²) in [4.78, 5) is 0.297. The molecule has 1 aromatic carbocycles. The smallest absolute Gasteiger partial charge is 0.199 e. The van der Waals surface area contributed by atoms with Crippen molar-refractivity contribution in [3.8, 4) is 0 Å². The quantitative estimate of drug-likeness (QED) is 0.842. The van der Waals surface area contributed by atoms with Crippen molar-refractivity contribution in [2.45, 2.75) is 32.6 Å². The van der Waals surface area contributed by atoms with Gasteiger partial charge in [-0.2, -0.15) is 17.6 Å². The standard InChI is InChI=1S/C13H15BrN2O2S/c1-8-5-6-9(2)12(7-8)19(17,18)16-11(4)13(14)10(3)15-16/h5-7H,1-4H3. The molecular weight excluding hydrogens is 328 g/mol. The average Bonchev–Trinajstić information content (AvgIpc) is 2.60. The van der Waals surface area contributed by atoms with E-state index < -0.39 is 10.0 Å². The molecule has 0 spiro atoms. The van der Waals surface area contributed by atoms with E-state index in [9.17, 15) is 8.42 Å². The molecule has 19 heavy (non-hydrogen) atoms. The number of rotatable bonds is 2. The Bertz CT molecular complexity index is 748. The lowest BCUT2D eigenvalue weighted by Crippen LogP contribution is -2.17. The van der Waals surface area contributed by atoms with Crippen LogP contribution in [0, 0.1) is 27.7 Å². The van der Waals surface area contributed by atoms with Crippen LogP contribution in [0.1, 0.15) is 22.5 Å². The largest absolute Gasteiger partial charge is 0.283 e. The molecule has 6 heteroatoms. The summed E-state index contributed by atoms with van der Waals surface area (Å²) in [5.74, 6) is 0. The molecule has 0 radical (unpaired) electrons. The first-order valence-electron chi connectivity index (χ1n) is 5.79. The number of aromatic nitrogens is 2. The fourth-order valence-corrected chi connectivity index (χ4v) is 3.96. The van der Waals surface area contributed by atoms with E-state index >= 15 is 0 Å². The van der Waals surface area contributed by atoms with Gasteiger partial charge in [0.25, 0.3) is 10.0 Å². The molecule has 1 heterocycles. The van der Waals surface area contributed by atoms with Crippen LogP contribution in [0.3, 0.4) is 0 Å². The van der Waals surface area contributed by atoms with Gasteiger partial charge in [-0.1, -0.05) is 12.1 Å². The fourth-order valence-electron chi connectivity index (χ4n) is 1.91. The third-order valence-corrected chi connectivity index (χ3v) is 5.97. The Morgan fingerprint density at radius 3 is 2.32 bits per heavy atom. The maximum absolute atomic E-state index is 12.7. The van der Waals surface area contributed by atoms with Crippen LogP contribution in [0.5, 0.6) is 0 Å². The van der Waals surface area contributed by atoms with E-state index in [-0.39, 0.29) is 0 Å². The second kappa shape index (κ2) is 4.76. The van der Waals surface area contributed by atoms with Crippen LogP contribution in [0.15, 0.2) is 27.6 Å². The fraction of sp³-hybridized carbons (Fsp3) is 0.308. The molecular formula is C13H15BrN2O2S. The minimum absolute atomic E-state index is 0.297. The first-order valence-corrected chi connectivity index (χ1v) is 8.03. The SMILES string of the molecule is Cc1ccc(C)c(S(=O)(=O)n2nc(C)c(Br)c2C)c1. The van der Waals surface area contributed by atoms with Crippen LogP contribution in [-0.2, 0) is 10.0 Å². The molecule has 4 nitrogen and oxygen atoms in total. The maximum Gasteiger partial charge on any atom is 0.283 e. The van der Waals surface area contributed by atoms with Crippen molar-refractivity contribution in [3.63, 3.8) is 0 Å². The number of benzene rings is 1. The number of hydrogen-bond donors (Lipinski definition) is 0. The van der Waals surface area contributed by atoms with Crippen molar-refractivity contribution < 1.29 is 8.42 Å². The average molecular weight is 343 g/mol. The third-order valence-electron chi connectivity index (χ3n) is 3.01. The zero-order valence-corrected chi connectivity index (χ0v) is 13.6. The third kappa shape index (κ3) is 2.34. The lowest BCUT2D eigenvalue weighted by Gasteiger charge is -2.10. The first kappa shape index (κ1) is 14.3. The minimum Gasteiger partial charge on any atom is -0.199 e. The molecule has 0 fully saturated rings. The van der Waals surface area contributed by atoms with E-state index in [2.05, 4.69) is 21.0 Å². The van der Waals surface area contributed by atoms with Gasteiger partial charge >= 0.3 is 0 Å². The molecule has 0 saturated heterocycles. The van der Waals surface area contributed by atoms with Crippen molar-refractivity contribution in [1.29, 1.82) is 0 Å². The molecule has 0 saturated carbocycles. The number of halogens is 1. The number of hydrogen-bond acceptors (Lipinski definition) is 3. The summed E-state index contributed by atoms with van der Waals surface area (Å²) in [6.45, 7) is 7.15. The van der Waals surface area contributed by atoms with E-state index in [0.717, 1.165) is 14.1 Å². The molecule has 0 N–H and O–H groups in total. The zero-order chi connectivity index (χ0) is 14.4. The summed E-state index contributed by atoms with van der Waals surface area (Å²) in [5.41, 5.74) is 2.86. The van der Waals surface area contributed by atoms with Crippen molar-refractivity contribution in [1.82, 2.24) is 9.19 Å². The molecule has 1 aromatic heterocycles. The topological polar surface area (TPSA) is 52.0 Å². The highest BCUT2D eigenvalue weighted by molar-refractivity contribution is 9.10. The predicted octanol–water partition coefficient (Wildman–Crippen LogP) is 3.12. The minimum atomic E-state index is -3.65. The van der Waals surface area contributed by atoms with Crippen molar-refractivity contribution >= 4 is 26.0 Å². The summed E-state index contributed by atoms with van der Waals surface area (Å²) in [6, 6.07) is 5.38. The maximum atomic E-state index is 12.7. The van der Waals surface area contributed by atoms with E-state index in [4.69, 9.17) is 0 Å². The molecule has 0 unspecified atom stereocenters. The van der Waals surface area contributed by atoms with Gasteiger partial charge < -0.3 is 0 Å². The normalized spacial score (nSPS) is 11.8. The summed E-state index contributed by atoms with van der Waals surface area (Å²) in [7, 11) is -3.65. The molecule has 2 aromatic rings. The Labute approximate surface area is 121 Å². The highest BCUT2D eigenvalue weighted by atomic mass is 79.9. The molecule has 2 rings (SSSR count). The van der Waals surface area contributed by atoms with Gasteiger partial charge in [-0.05, 0) is 60.8 Å². The Morgan fingerprint density at radius 1 is 1.16 bits per heavy atom. The van der Waals surface area contributed by atoms with E-state index in [1.165, 1.54) is 0 Å². The Morgan fingerprint density at radius 2 is 1.79 bits per heavy atom. The van der Waals surface area contributed by atoms with E-state index in [0.29, 0.717) is 21.8 Å². The first-order chi connectivity index (χ1) is 8.75. The summed E-state index contributed by atoms with van der Waals surface area (Å²) >= 11 is 3.35. The van der Waals surface area contributed by atoms with Crippen molar-refractivity contribution in [2.75, 3.05) is 0 Å². The highest BCUT2D eigenvalue weighted by Crippen LogP contribution is 2.25. The molecule has 0 bridgehead atoms.